The lowest BCUT2D eigenvalue weighted by Crippen LogP contribution is -2.25. The van der Waals surface area contributed by atoms with Crippen LogP contribution in [0.3, 0.4) is 0 Å². The number of epoxide rings is 1. The van der Waals surface area contributed by atoms with Crippen molar-refractivity contribution >= 4 is 0 Å². The van der Waals surface area contributed by atoms with Crippen LogP contribution in [0.2, 0.25) is 0 Å². The third kappa shape index (κ3) is 1.99. The van der Waals surface area contributed by atoms with Crippen LogP contribution in [-0.2, 0) is 4.74 Å². The Balaban J connectivity index is 1.52. The number of allylic oxidation sites excluding steroid dienone is 1. The second-order valence-corrected chi connectivity index (χ2v) is 5.65. The van der Waals surface area contributed by atoms with Gasteiger partial charge in [-0.2, -0.15) is 0 Å². The molecular formula is C14H22O. The van der Waals surface area contributed by atoms with E-state index in [0.29, 0.717) is 0 Å². The SMILES string of the molecule is C1=CC2(CO2)C(CCC2CCCC2)CC1. The summed E-state index contributed by atoms with van der Waals surface area (Å²) in [5.41, 5.74) is 0.219. The van der Waals surface area contributed by atoms with E-state index in [1.807, 2.05) is 0 Å². The molecular weight excluding hydrogens is 184 g/mol. The minimum Gasteiger partial charge on any atom is -0.365 e. The summed E-state index contributed by atoms with van der Waals surface area (Å²) in [5.74, 6) is 1.88. The predicted octanol–water partition coefficient (Wildman–Crippen LogP) is 3.69. The first-order chi connectivity index (χ1) is 7.39. The van der Waals surface area contributed by atoms with Crippen LogP contribution in [-0.4, -0.2) is 12.2 Å². The molecule has 2 fully saturated rings. The highest BCUT2D eigenvalue weighted by Gasteiger charge is 2.49. The Bertz CT molecular complexity index is 246. The molecule has 0 bridgehead atoms. The highest BCUT2D eigenvalue weighted by atomic mass is 16.6. The van der Waals surface area contributed by atoms with Crippen molar-refractivity contribution in [1.82, 2.24) is 0 Å². The summed E-state index contributed by atoms with van der Waals surface area (Å²) in [6.45, 7) is 0.999. The summed E-state index contributed by atoms with van der Waals surface area (Å²) in [7, 11) is 0. The van der Waals surface area contributed by atoms with Crippen molar-refractivity contribution in [1.29, 1.82) is 0 Å². The first kappa shape index (κ1) is 9.89. The molecule has 1 spiro atoms. The average Bonchev–Trinajstić information content (AvgIpc) is 2.83. The lowest BCUT2D eigenvalue weighted by atomic mass is 9.79. The zero-order chi connectivity index (χ0) is 10.1. The van der Waals surface area contributed by atoms with Crippen molar-refractivity contribution in [2.24, 2.45) is 11.8 Å². The molecule has 3 aliphatic rings. The Morgan fingerprint density at radius 1 is 1.13 bits per heavy atom. The summed E-state index contributed by atoms with van der Waals surface area (Å²) in [6, 6.07) is 0. The van der Waals surface area contributed by atoms with Gasteiger partial charge in [0.05, 0.1) is 6.61 Å². The van der Waals surface area contributed by atoms with E-state index in [1.54, 1.807) is 0 Å². The van der Waals surface area contributed by atoms with Gasteiger partial charge in [0.15, 0.2) is 0 Å². The molecule has 2 aliphatic carbocycles. The number of hydrogen-bond acceptors (Lipinski definition) is 1. The van der Waals surface area contributed by atoms with E-state index in [0.717, 1.165) is 18.4 Å². The van der Waals surface area contributed by atoms with E-state index in [4.69, 9.17) is 4.74 Å². The van der Waals surface area contributed by atoms with Gasteiger partial charge in [0.1, 0.15) is 5.60 Å². The Morgan fingerprint density at radius 2 is 1.93 bits per heavy atom. The number of ether oxygens (including phenoxy) is 1. The quantitative estimate of drug-likeness (QED) is 0.507. The first-order valence-corrected chi connectivity index (χ1v) is 6.71. The molecule has 1 nitrogen and oxygen atoms in total. The maximum Gasteiger partial charge on any atom is 0.112 e. The van der Waals surface area contributed by atoms with Crippen molar-refractivity contribution in [3.8, 4) is 0 Å². The van der Waals surface area contributed by atoms with Gasteiger partial charge in [-0.15, -0.1) is 0 Å². The number of hydrogen-bond donors (Lipinski definition) is 0. The van der Waals surface area contributed by atoms with Crippen LogP contribution in [0.1, 0.15) is 51.4 Å². The van der Waals surface area contributed by atoms with Crippen LogP contribution in [0.5, 0.6) is 0 Å². The summed E-state index contributed by atoms with van der Waals surface area (Å²) >= 11 is 0. The van der Waals surface area contributed by atoms with Crippen LogP contribution in [0.15, 0.2) is 12.2 Å². The fourth-order valence-corrected chi connectivity index (χ4v) is 3.50. The second kappa shape index (κ2) is 3.93. The van der Waals surface area contributed by atoms with E-state index < -0.39 is 0 Å². The van der Waals surface area contributed by atoms with Crippen molar-refractivity contribution in [3.63, 3.8) is 0 Å². The molecule has 15 heavy (non-hydrogen) atoms. The Hall–Kier alpha value is -0.300. The fourth-order valence-electron chi connectivity index (χ4n) is 3.50. The standard InChI is InChI=1S/C14H22O/c1-2-6-12(5-1)8-9-13-7-3-4-10-14(13)11-15-14/h4,10,12-13H,1-3,5-9,11H2. The highest BCUT2D eigenvalue weighted by molar-refractivity contribution is 5.16. The second-order valence-electron chi connectivity index (χ2n) is 5.65. The lowest BCUT2D eigenvalue weighted by molar-refractivity contribution is 0.221. The van der Waals surface area contributed by atoms with Crippen molar-refractivity contribution in [2.75, 3.05) is 6.61 Å². The molecule has 1 aliphatic heterocycles. The third-order valence-corrected chi connectivity index (χ3v) is 4.65. The van der Waals surface area contributed by atoms with Gasteiger partial charge in [0.25, 0.3) is 0 Å². The fraction of sp³-hybridized carbons (Fsp3) is 0.857. The zero-order valence-electron chi connectivity index (χ0n) is 9.58. The van der Waals surface area contributed by atoms with Crippen LogP contribution in [0, 0.1) is 11.8 Å². The molecule has 0 N–H and O–H groups in total. The van der Waals surface area contributed by atoms with E-state index in [1.165, 1.54) is 51.4 Å². The molecule has 2 unspecified atom stereocenters. The van der Waals surface area contributed by atoms with Gasteiger partial charge in [0, 0.05) is 0 Å². The molecule has 3 rings (SSSR count). The maximum absolute atomic E-state index is 5.68. The largest absolute Gasteiger partial charge is 0.365 e. The van der Waals surface area contributed by atoms with E-state index in [-0.39, 0.29) is 5.60 Å². The summed E-state index contributed by atoms with van der Waals surface area (Å²) < 4.78 is 5.68. The maximum atomic E-state index is 5.68. The van der Waals surface area contributed by atoms with Crippen LogP contribution in [0.4, 0.5) is 0 Å². The lowest BCUT2D eigenvalue weighted by Gasteiger charge is -2.25. The first-order valence-electron chi connectivity index (χ1n) is 6.71. The third-order valence-electron chi connectivity index (χ3n) is 4.65. The topological polar surface area (TPSA) is 12.5 Å². The highest BCUT2D eigenvalue weighted by Crippen LogP contribution is 2.45. The van der Waals surface area contributed by atoms with Gasteiger partial charge in [-0.05, 0) is 31.1 Å². The average molecular weight is 206 g/mol. The minimum atomic E-state index is 0.219. The van der Waals surface area contributed by atoms with Gasteiger partial charge in [-0.25, -0.2) is 0 Å². The minimum absolute atomic E-state index is 0.219. The predicted molar refractivity (Wildman–Crippen MR) is 61.7 cm³/mol. The molecule has 1 saturated heterocycles. The van der Waals surface area contributed by atoms with Gasteiger partial charge < -0.3 is 4.74 Å². The Kier molecular flexibility index (Phi) is 2.59. The molecule has 2 atom stereocenters. The molecule has 1 heterocycles. The summed E-state index contributed by atoms with van der Waals surface area (Å²) in [4.78, 5) is 0. The molecule has 1 saturated carbocycles. The molecule has 0 aromatic carbocycles. The monoisotopic (exact) mass is 206 g/mol. The number of rotatable bonds is 3. The van der Waals surface area contributed by atoms with Crippen LogP contribution in [0.25, 0.3) is 0 Å². The smallest absolute Gasteiger partial charge is 0.112 e. The zero-order valence-corrected chi connectivity index (χ0v) is 9.58. The normalized spacial score (nSPS) is 40.1. The van der Waals surface area contributed by atoms with E-state index >= 15 is 0 Å². The summed E-state index contributed by atoms with van der Waals surface area (Å²) in [5, 5.41) is 0. The van der Waals surface area contributed by atoms with Gasteiger partial charge in [0.2, 0.25) is 0 Å². The Morgan fingerprint density at radius 3 is 2.67 bits per heavy atom. The van der Waals surface area contributed by atoms with Gasteiger partial charge in [-0.3, -0.25) is 0 Å². The molecule has 0 radical (unpaired) electrons. The Labute approximate surface area is 92.9 Å². The molecule has 1 heteroatoms. The van der Waals surface area contributed by atoms with Crippen molar-refractivity contribution in [3.05, 3.63) is 12.2 Å². The van der Waals surface area contributed by atoms with Crippen molar-refractivity contribution < 1.29 is 4.74 Å². The van der Waals surface area contributed by atoms with Crippen LogP contribution < -0.4 is 0 Å². The summed E-state index contributed by atoms with van der Waals surface area (Å²) in [6.07, 6.45) is 16.1. The van der Waals surface area contributed by atoms with Crippen LogP contribution >= 0.6 is 0 Å². The van der Waals surface area contributed by atoms with Crippen molar-refractivity contribution in [2.45, 2.75) is 57.0 Å². The van der Waals surface area contributed by atoms with Gasteiger partial charge >= 0.3 is 0 Å². The van der Waals surface area contributed by atoms with E-state index in [2.05, 4.69) is 12.2 Å². The molecule has 84 valence electrons. The molecule has 0 aromatic rings. The molecule has 0 aromatic heterocycles. The van der Waals surface area contributed by atoms with Gasteiger partial charge in [-0.1, -0.05) is 44.3 Å². The van der Waals surface area contributed by atoms with E-state index in [9.17, 15) is 0 Å². The molecule has 0 amide bonds.